The molecule has 0 N–H and O–H groups in total. The molecular formula is C58H40F2N4. The Morgan fingerprint density at radius 1 is 0.281 bits per heavy atom. The summed E-state index contributed by atoms with van der Waals surface area (Å²) in [5.74, 6) is -0.570. The lowest BCUT2D eigenvalue weighted by atomic mass is 10.1. The number of rotatable bonds is 10. The molecule has 6 heteroatoms. The van der Waals surface area contributed by atoms with Crippen LogP contribution in [-0.2, 0) is 0 Å². The van der Waals surface area contributed by atoms with E-state index < -0.39 is 0 Å². The molecule has 64 heavy (non-hydrogen) atoms. The van der Waals surface area contributed by atoms with Gasteiger partial charge in [-0.2, -0.15) is 0 Å². The van der Waals surface area contributed by atoms with E-state index in [2.05, 4.69) is 189 Å². The SMILES string of the molecule is Fc1ccc(-c2cc3cc4c(cc(-c5ccc(F)cc5)n4-c4ccc(N(c5ccccc5)c5ccccc5)cc4)cc3n2-c2ccc(N(c3ccccc3)c3ccccc3)cc2)cc1. The molecule has 2 heterocycles. The van der Waals surface area contributed by atoms with E-state index in [1.54, 1.807) is 0 Å². The molecule has 2 aromatic heterocycles. The second-order valence-corrected chi connectivity index (χ2v) is 15.8. The molecule has 306 valence electrons. The highest BCUT2D eigenvalue weighted by Crippen LogP contribution is 2.41. The number of hydrogen-bond donors (Lipinski definition) is 0. The number of nitrogens with zero attached hydrogens (tertiary/aromatic N) is 4. The predicted octanol–water partition coefficient (Wildman–Crippen LogP) is 16.1. The van der Waals surface area contributed by atoms with E-state index in [-0.39, 0.29) is 11.6 Å². The van der Waals surface area contributed by atoms with E-state index in [0.717, 1.165) is 89.8 Å². The van der Waals surface area contributed by atoms with E-state index >= 15 is 0 Å². The number of benzene rings is 9. The van der Waals surface area contributed by atoms with Crippen LogP contribution in [0.15, 0.2) is 243 Å². The quantitative estimate of drug-likeness (QED) is 0.137. The van der Waals surface area contributed by atoms with Crippen LogP contribution in [0.3, 0.4) is 0 Å². The Morgan fingerprint density at radius 2 is 0.562 bits per heavy atom. The minimum Gasteiger partial charge on any atom is -0.311 e. The molecule has 0 aliphatic rings. The smallest absolute Gasteiger partial charge is 0.123 e. The standard InChI is InChI=1S/C58H40F2N4/c59-45-25-21-41(22-26-45)55-37-43-40-58-44(39-57(43)63(55)53-33-29-51(30-34-53)61(47-13-5-1-6-14-47)48-15-7-2-8-16-48)38-56(42-23-27-46(60)28-24-42)64(58)54-35-31-52(32-36-54)62(49-17-9-3-10-18-49)50-19-11-4-12-20-50/h1-40H. The molecule has 0 fully saturated rings. The highest BCUT2D eigenvalue weighted by molar-refractivity contribution is 6.02. The van der Waals surface area contributed by atoms with Gasteiger partial charge in [-0.15, -0.1) is 0 Å². The molecule has 0 unspecified atom stereocenters. The topological polar surface area (TPSA) is 16.3 Å². The number of aromatic nitrogens is 2. The van der Waals surface area contributed by atoms with Crippen molar-refractivity contribution in [1.29, 1.82) is 0 Å². The average Bonchev–Trinajstić information content (AvgIpc) is 3.91. The summed E-state index contributed by atoms with van der Waals surface area (Å²) in [6, 6.07) is 80.9. The second-order valence-electron chi connectivity index (χ2n) is 15.8. The van der Waals surface area contributed by atoms with Crippen molar-refractivity contribution in [3.8, 4) is 33.9 Å². The first-order valence-electron chi connectivity index (χ1n) is 21.3. The maximum absolute atomic E-state index is 14.4. The second kappa shape index (κ2) is 16.4. The maximum Gasteiger partial charge on any atom is 0.123 e. The van der Waals surface area contributed by atoms with Crippen LogP contribution in [-0.4, -0.2) is 9.13 Å². The third-order valence-corrected chi connectivity index (χ3v) is 11.8. The minimum atomic E-state index is -0.285. The monoisotopic (exact) mass is 830 g/mol. The van der Waals surface area contributed by atoms with Crippen LogP contribution >= 0.6 is 0 Å². The van der Waals surface area contributed by atoms with Gasteiger partial charge < -0.3 is 18.9 Å². The zero-order valence-electron chi connectivity index (χ0n) is 34.6. The highest BCUT2D eigenvalue weighted by Gasteiger charge is 2.20. The van der Waals surface area contributed by atoms with E-state index in [0.29, 0.717) is 0 Å². The Balaban J connectivity index is 1.07. The molecule has 0 radical (unpaired) electrons. The summed E-state index contributed by atoms with van der Waals surface area (Å²) in [5.41, 5.74) is 13.9. The first kappa shape index (κ1) is 38.4. The molecule has 0 saturated carbocycles. The van der Waals surface area contributed by atoms with E-state index in [9.17, 15) is 8.78 Å². The van der Waals surface area contributed by atoms with E-state index in [4.69, 9.17) is 0 Å². The molecule has 0 spiro atoms. The van der Waals surface area contributed by atoms with Crippen molar-refractivity contribution in [2.45, 2.75) is 0 Å². The van der Waals surface area contributed by atoms with Crippen LogP contribution in [0.5, 0.6) is 0 Å². The fraction of sp³-hybridized carbons (Fsp3) is 0. The summed E-state index contributed by atoms with van der Waals surface area (Å²) in [5, 5.41) is 2.04. The van der Waals surface area contributed by atoms with Crippen molar-refractivity contribution in [2.24, 2.45) is 0 Å². The zero-order chi connectivity index (χ0) is 43.0. The molecule has 0 atom stereocenters. The van der Waals surface area contributed by atoms with Gasteiger partial charge >= 0.3 is 0 Å². The molecule has 4 nitrogen and oxygen atoms in total. The van der Waals surface area contributed by atoms with Gasteiger partial charge in [0.1, 0.15) is 11.6 Å². The molecule has 0 saturated heterocycles. The summed E-state index contributed by atoms with van der Waals surface area (Å²) in [6.45, 7) is 0. The number of fused-ring (bicyclic) bond motifs is 2. The van der Waals surface area contributed by atoms with E-state index in [1.165, 1.54) is 24.3 Å². The first-order chi connectivity index (χ1) is 31.6. The first-order valence-corrected chi connectivity index (χ1v) is 21.3. The summed E-state index contributed by atoms with van der Waals surface area (Å²) in [6.07, 6.45) is 0. The van der Waals surface area contributed by atoms with Crippen molar-refractivity contribution in [3.05, 3.63) is 254 Å². The lowest BCUT2D eigenvalue weighted by Crippen LogP contribution is -2.09. The van der Waals surface area contributed by atoms with Crippen molar-refractivity contribution >= 4 is 55.9 Å². The zero-order valence-corrected chi connectivity index (χ0v) is 34.6. The van der Waals surface area contributed by atoms with Gasteiger partial charge in [0.2, 0.25) is 0 Å². The van der Waals surface area contributed by atoms with Crippen LogP contribution in [0.2, 0.25) is 0 Å². The third kappa shape index (κ3) is 7.17. The molecule has 11 aromatic rings. The van der Waals surface area contributed by atoms with Crippen molar-refractivity contribution < 1.29 is 8.78 Å². The fourth-order valence-corrected chi connectivity index (χ4v) is 8.84. The van der Waals surface area contributed by atoms with Gasteiger partial charge in [-0.1, -0.05) is 72.8 Å². The Labute approximate surface area is 370 Å². The number of halogens is 2. The Morgan fingerprint density at radius 3 is 0.859 bits per heavy atom. The fourth-order valence-electron chi connectivity index (χ4n) is 8.84. The van der Waals surface area contributed by atoms with Crippen molar-refractivity contribution in [1.82, 2.24) is 9.13 Å². The van der Waals surface area contributed by atoms with Gasteiger partial charge in [0.05, 0.1) is 22.4 Å². The molecule has 0 aliphatic carbocycles. The van der Waals surface area contributed by atoms with Gasteiger partial charge in [0.25, 0.3) is 0 Å². The Hall–Kier alpha value is -8.48. The molecular weight excluding hydrogens is 791 g/mol. The molecule has 9 aromatic carbocycles. The highest BCUT2D eigenvalue weighted by atomic mass is 19.1. The van der Waals surface area contributed by atoms with Gasteiger partial charge in [-0.3, -0.25) is 0 Å². The lowest BCUT2D eigenvalue weighted by Gasteiger charge is -2.25. The number of anilines is 6. The lowest BCUT2D eigenvalue weighted by molar-refractivity contribution is 0.627. The number of hydrogen-bond acceptors (Lipinski definition) is 2. The van der Waals surface area contributed by atoms with Crippen LogP contribution in [0, 0.1) is 11.6 Å². The van der Waals surface area contributed by atoms with Crippen molar-refractivity contribution in [2.75, 3.05) is 9.80 Å². The molecule has 0 aliphatic heterocycles. The summed E-state index contributed by atoms with van der Waals surface area (Å²) in [7, 11) is 0. The normalized spacial score (nSPS) is 11.3. The van der Waals surface area contributed by atoms with Gasteiger partial charge in [0.15, 0.2) is 0 Å². The van der Waals surface area contributed by atoms with Crippen LogP contribution in [0.4, 0.5) is 42.9 Å². The largest absolute Gasteiger partial charge is 0.311 e. The minimum absolute atomic E-state index is 0.285. The van der Waals surface area contributed by atoms with Gasteiger partial charge in [0, 0.05) is 56.3 Å². The molecule has 0 amide bonds. The summed E-state index contributed by atoms with van der Waals surface area (Å²) < 4.78 is 33.3. The third-order valence-electron chi connectivity index (χ3n) is 11.8. The summed E-state index contributed by atoms with van der Waals surface area (Å²) >= 11 is 0. The Kier molecular flexibility index (Phi) is 9.86. The van der Waals surface area contributed by atoms with Crippen molar-refractivity contribution in [3.63, 3.8) is 0 Å². The number of para-hydroxylation sites is 4. The van der Waals surface area contributed by atoms with Gasteiger partial charge in [-0.25, -0.2) is 8.78 Å². The average molecular weight is 831 g/mol. The molecule has 0 bridgehead atoms. The summed E-state index contributed by atoms with van der Waals surface area (Å²) in [4.78, 5) is 4.49. The van der Waals surface area contributed by atoms with Crippen LogP contribution in [0.1, 0.15) is 0 Å². The van der Waals surface area contributed by atoms with E-state index in [1.807, 2.05) is 48.5 Å². The van der Waals surface area contributed by atoms with Crippen LogP contribution < -0.4 is 9.80 Å². The van der Waals surface area contributed by atoms with Crippen LogP contribution in [0.25, 0.3) is 55.7 Å². The Bertz CT molecular complexity index is 3040. The van der Waals surface area contributed by atoms with Gasteiger partial charge in [-0.05, 0) is 181 Å². The molecule has 11 rings (SSSR count). The maximum atomic E-state index is 14.4. The predicted molar refractivity (Wildman–Crippen MR) is 260 cm³/mol.